The zero-order chi connectivity index (χ0) is 17.9. The molecule has 2 amide bonds. The maximum atomic E-state index is 12.6. The summed E-state index contributed by atoms with van der Waals surface area (Å²) >= 11 is 0. The molecule has 4 aliphatic carbocycles. The van der Waals surface area contributed by atoms with Gasteiger partial charge in [-0.15, -0.1) is 0 Å². The Balaban J connectivity index is 1.23. The van der Waals surface area contributed by atoms with Gasteiger partial charge in [-0.05, 0) is 67.8 Å². The molecule has 4 saturated carbocycles. The van der Waals surface area contributed by atoms with Gasteiger partial charge in [0.1, 0.15) is 6.54 Å². The van der Waals surface area contributed by atoms with Crippen LogP contribution in [0.25, 0.3) is 5.70 Å². The summed E-state index contributed by atoms with van der Waals surface area (Å²) in [5.74, 6) is 2.46. The third-order valence-electron chi connectivity index (χ3n) is 7.17. The van der Waals surface area contributed by atoms with E-state index < -0.39 is 0 Å². The Hall–Kier alpha value is -2.10. The molecule has 26 heavy (non-hydrogen) atoms. The van der Waals surface area contributed by atoms with Gasteiger partial charge in [-0.25, -0.2) is 0 Å². The van der Waals surface area contributed by atoms with Crippen LogP contribution < -0.4 is 5.32 Å². The molecule has 1 aliphatic heterocycles. The van der Waals surface area contributed by atoms with E-state index >= 15 is 0 Å². The molecule has 0 spiro atoms. The van der Waals surface area contributed by atoms with E-state index in [-0.39, 0.29) is 18.4 Å². The predicted molar refractivity (Wildman–Crippen MR) is 100 cm³/mol. The first-order chi connectivity index (χ1) is 12.5. The highest BCUT2D eigenvalue weighted by molar-refractivity contribution is 6.10. The van der Waals surface area contributed by atoms with E-state index in [0.29, 0.717) is 16.7 Å². The molecule has 5 aliphatic rings. The fourth-order valence-corrected chi connectivity index (χ4v) is 6.49. The molecule has 0 aromatic heterocycles. The number of hydrogen-bond acceptors (Lipinski definition) is 2. The van der Waals surface area contributed by atoms with Gasteiger partial charge in [0.25, 0.3) is 5.91 Å². The number of rotatable bonds is 4. The van der Waals surface area contributed by atoms with Crippen LogP contribution in [-0.2, 0) is 4.79 Å². The van der Waals surface area contributed by atoms with E-state index in [2.05, 4.69) is 11.9 Å². The monoisotopic (exact) mass is 350 g/mol. The first-order valence-corrected chi connectivity index (χ1v) is 9.90. The zero-order valence-electron chi connectivity index (χ0n) is 15.2. The summed E-state index contributed by atoms with van der Waals surface area (Å²) in [6.07, 6.45) is 8.06. The van der Waals surface area contributed by atoms with Gasteiger partial charge in [0.15, 0.2) is 0 Å². The van der Waals surface area contributed by atoms with Gasteiger partial charge >= 0.3 is 0 Å². The van der Waals surface area contributed by atoms with Crippen molar-refractivity contribution in [1.29, 1.82) is 0 Å². The van der Waals surface area contributed by atoms with Crippen LogP contribution in [0.4, 0.5) is 0 Å². The van der Waals surface area contributed by atoms with E-state index in [1.165, 1.54) is 43.4 Å². The average molecular weight is 350 g/mol. The molecule has 1 N–H and O–H groups in total. The summed E-state index contributed by atoms with van der Waals surface area (Å²) in [5.41, 5.74) is 2.44. The Bertz CT molecular complexity index is 727. The third-order valence-corrected chi connectivity index (χ3v) is 7.17. The maximum Gasteiger partial charge on any atom is 0.259 e. The van der Waals surface area contributed by atoms with Gasteiger partial charge in [-0.1, -0.05) is 24.8 Å². The number of carbonyl (C=O) groups is 2. The van der Waals surface area contributed by atoms with Gasteiger partial charge in [0.2, 0.25) is 5.91 Å². The van der Waals surface area contributed by atoms with E-state index in [9.17, 15) is 9.59 Å². The molecule has 4 heteroatoms. The highest BCUT2D eigenvalue weighted by Crippen LogP contribution is 2.59. The Morgan fingerprint density at radius 1 is 1.08 bits per heavy atom. The van der Waals surface area contributed by atoms with Gasteiger partial charge in [-0.2, -0.15) is 0 Å². The standard InChI is InChI=1S/C22H26N2O2/c1-14-18-4-2-3-5-19(18)21(26)24(14)12-20(25)23-13-22-9-15-6-16(10-22)8-17(7-15)11-22/h2-5,15-17H,1,6-13H2,(H,23,25). The van der Waals surface area contributed by atoms with Crippen LogP contribution in [0.1, 0.15) is 54.4 Å². The Morgan fingerprint density at radius 2 is 1.65 bits per heavy atom. The van der Waals surface area contributed by atoms with Crippen molar-refractivity contribution in [2.24, 2.45) is 23.2 Å². The number of hydrogen-bond donors (Lipinski definition) is 1. The topological polar surface area (TPSA) is 49.4 Å². The fourth-order valence-electron chi connectivity index (χ4n) is 6.49. The zero-order valence-corrected chi connectivity index (χ0v) is 15.2. The molecule has 6 rings (SSSR count). The minimum atomic E-state index is -0.115. The summed E-state index contributed by atoms with van der Waals surface area (Å²) in [6.45, 7) is 4.86. The largest absolute Gasteiger partial charge is 0.354 e. The van der Waals surface area contributed by atoms with Gasteiger partial charge < -0.3 is 5.32 Å². The predicted octanol–water partition coefficient (Wildman–Crippen LogP) is 3.45. The summed E-state index contributed by atoms with van der Waals surface area (Å²) < 4.78 is 0. The van der Waals surface area contributed by atoms with Gasteiger partial charge in [-0.3, -0.25) is 14.5 Å². The van der Waals surface area contributed by atoms with E-state index in [0.717, 1.165) is 29.9 Å². The Labute approximate surface area is 154 Å². The molecule has 1 aromatic carbocycles. The second kappa shape index (κ2) is 5.70. The lowest BCUT2D eigenvalue weighted by atomic mass is 9.49. The lowest BCUT2D eigenvalue weighted by Crippen LogP contribution is -2.52. The number of amides is 2. The van der Waals surface area contributed by atoms with E-state index in [1.807, 2.05) is 18.2 Å². The quantitative estimate of drug-likeness (QED) is 0.904. The average Bonchev–Trinajstić information content (AvgIpc) is 2.84. The molecule has 1 aromatic rings. The Morgan fingerprint density at radius 3 is 2.23 bits per heavy atom. The van der Waals surface area contributed by atoms with Crippen LogP contribution in [-0.4, -0.2) is 29.8 Å². The van der Waals surface area contributed by atoms with Crippen molar-refractivity contribution in [3.8, 4) is 0 Å². The molecule has 0 atom stereocenters. The smallest absolute Gasteiger partial charge is 0.259 e. The summed E-state index contributed by atoms with van der Waals surface area (Å²) in [6, 6.07) is 7.44. The fraction of sp³-hybridized carbons (Fsp3) is 0.545. The number of carbonyl (C=O) groups excluding carboxylic acids is 2. The molecule has 0 unspecified atom stereocenters. The number of fused-ring (bicyclic) bond motifs is 1. The highest BCUT2D eigenvalue weighted by Gasteiger charge is 2.50. The van der Waals surface area contributed by atoms with Crippen LogP contribution in [0.5, 0.6) is 0 Å². The van der Waals surface area contributed by atoms with Crippen molar-refractivity contribution in [3.63, 3.8) is 0 Å². The third kappa shape index (κ3) is 2.50. The normalized spacial score (nSPS) is 34.3. The first-order valence-electron chi connectivity index (χ1n) is 9.90. The number of nitrogens with one attached hydrogen (secondary N) is 1. The van der Waals surface area contributed by atoms with Crippen LogP contribution in [0.2, 0.25) is 0 Å². The molecule has 4 fully saturated rings. The van der Waals surface area contributed by atoms with Crippen LogP contribution in [0, 0.1) is 23.2 Å². The van der Waals surface area contributed by atoms with Crippen molar-refractivity contribution in [2.75, 3.05) is 13.1 Å². The van der Waals surface area contributed by atoms with Crippen molar-refractivity contribution in [1.82, 2.24) is 10.2 Å². The highest BCUT2D eigenvalue weighted by atomic mass is 16.2. The number of benzene rings is 1. The maximum absolute atomic E-state index is 12.6. The van der Waals surface area contributed by atoms with Crippen molar-refractivity contribution in [2.45, 2.75) is 38.5 Å². The lowest BCUT2D eigenvalue weighted by Gasteiger charge is -2.56. The molecule has 136 valence electrons. The molecule has 0 radical (unpaired) electrons. The van der Waals surface area contributed by atoms with Gasteiger partial charge in [0.05, 0.1) is 0 Å². The summed E-state index contributed by atoms with van der Waals surface area (Å²) in [7, 11) is 0. The lowest BCUT2D eigenvalue weighted by molar-refractivity contribution is -0.123. The van der Waals surface area contributed by atoms with Crippen LogP contribution in [0.15, 0.2) is 30.8 Å². The molecule has 1 heterocycles. The summed E-state index contributed by atoms with van der Waals surface area (Å²) in [5, 5.41) is 3.16. The Kier molecular flexibility index (Phi) is 3.53. The SMILES string of the molecule is C=C1c2ccccc2C(=O)N1CC(=O)NCC12CC3CC(CC(C3)C1)C2. The first kappa shape index (κ1) is 16.1. The second-order valence-corrected chi connectivity index (χ2v) is 9.08. The van der Waals surface area contributed by atoms with Crippen LogP contribution in [0.3, 0.4) is 0 Å². The summed E-state index contributed by atoms with van der Waals surface area (Å²) in [4.78, 5) is 26.7. The van der Waals surface area contributed by atoms with Crippen molar-refractivity contribution in [3.05, 3.63) is 42.0 Å². The molecule has 4 bridgehead atoms. The minimum Gasteiger partial charge on any atom is -0.354 e. The molecule has 0 saturated heterocycles. The van der Waals surface area contributed by atoms with Gasteiger partial charge in [0, 0.05) is 23.4 Å². The molecular formula is C22H26N2O2. The number of nitrogens with zero attached hydrogens (tertiary/aromatic N) is 1. The van der Waals surface area contributed by atoms with Crippen molar-refractivity contribution < 1.29 is 9.59 Å². The minimum absolute atomic E-state index is 0.0666. The molecular weight excluding hydrogens is 324 g/mol. The van der Waals surface area contributed by atoms with E-state index in [4.69, 9.17) is 0 Å². The second-order valence-electron chi connectivity index (χ2n) is 9.08. The van der Waals surface area contributed by atoms with Crippen molar-refractivity contribution >= 4 is 17.5 Å². The van der Waals surface area contributed by atoms with Crippen LogP contribution >= 0.6 is 0 Å². The molecule has 4 nitrogen and oxygen atoms in total. The van der Waals surface area contributed by atoms with E-state index in [1.54, 1.807) is 6.07 Å².